The van der Waals surface area contributed by atoms with Gasteiger partial charge in [0, 0.05) is 17.6 Å². The van der Waals surface area contributed by atoms with Crippen LogP contribution >= 0.6 is 0 Å². The molecule has 2 aromatic heterocycles. The van der Waals surface area contributed by atoms with Crippen molar-refractivity contribution in [2.45, 2.75) is 6.92 Å². The van der Waals surface area contributed by atoms with Crippen molar-refractivity contribution in [1.29, 1.82) is 0 Å². The van der Waals surface area contributed by atoms with Crippen molar-refractivity contribution in [3.8, 4) is 11.5 Å². The molecule has 0 aliphatic carbocycles. The van der Waals surface area contributed by atoms with Crippen LogP contribution in [0.4, 0.5) is 0 Å². The first-order chi connectivity index (χ1) is 8.33. The summed E-state index contributed by atoms with van der Waals surface area (Å²) in [7, 11) is 0. The fourth-order valence-electron chi connectivity index (χ4n) is 1.74. The molecule has 0 saturated carbocycles. The summed E-state index contributed by atoms with van der Waals surface area (Å²) in [5.74, 6) is 1.48. The van der Waals surface area contributed by atoms with E-state index in [4.69, 9.17) is 4.74 Å². The van der Waals surface area contributed by atoms with Gasteiger partial charge in [-0.05, 0) is 30.7 Å². The number of benzene rings is 1. The predicted octanol–water partition coefficient (Wildman–Crippen LogP) is 2.86. The van der Waals surface area contributed by atoms with Crippen LogP contribution < -0.4 is 4.74 Å². The minimum absolute atomic E-state index is 0.717. The lowest BCUT2D eigenvalue weighted by Gasteiger charge is -2.06. The van der Waals surface area contributed by atoms with Gasteiger partial charge in [-0.2, -0.15) is 5.10 Å². The quantitative estimate of drug-likeness (QED) is 0.728. The molecule has 3 rings (SSSR count). The van der Waals surface area contributed by atoms with Gasteiger partial charge >= 0.3 is 0 Å². The topological polar surface area (TPSA) is 50.8 Å². The number of pyridine rings is 1. The Hall–Kier alpha value is -2.36. The van der Waals surface area contributed by atoms with Crippen LogP contribution in [0.25, 0.3) is 10.9 Å². The van der Waals surface area contributed by atoms with Crippen LogP contribution in [0.3, 0.4) is 0 Å². The molecule has 0 saturated heterocycles. The Kier molecular flexibility index (Phi) is 2.26. The molecule has 0 atom stereocenters. The summed E-state index contributed by atoms with van der Waals surface area (Å²) in [6, 6.07) is 7.57. The molecular formula is C13H10N3O. The van der Waals surface area contributed by atoms with Crippen LogP contribution in [0.2, 0.25) is 0 Å². The fraction of sp³-hybridized carbons (Fsp3) is 0.0769. The van der Waals surface area contributed by atoms with Gasteiger partial charge in [0.25, 0.3) is 0 Å². The Bertz CT molecular complexity index is 646. The Labute approximate surface area is 98.3 Å². The van der Waals surface area contributed by atoms with E-state index in [1.54, 1.807) is 12.4 Å². The summed E-state index contributed by atoms with van der Waals surface area (Å²) in [6.07, 6.45) is 6.30. The molecule has 83 valence electrons. The number of nitrogens with one attached hydrogen (secondary N) is 1. The van der Waals surface area contributed by atoms with Gasteiger partial charge in [-0.25, -0.2) is 0 Å². The van der Waals surface area contributed by atoms with E-state index < -0.39 is 0 Å². The highest BCUT2D eigenvalue weighted by Crippen LogP contribution is 2.26. The Morgan fingerprint density at radius 1 is 1.29 bits per heavy atom. The number of hydrogen-bond acceptors (Lipinski definition) is 3. The number of rotatable bonds is 2. The SMILES string of the molecule is Cc1cc(Oc2cccnc2)cc2[nH]n[c]c12. The monoisotopic (exact) mass is 224 g/mol. The molecule has 4 heteroatoms. The van der Waals surface area contributed by atoms with Crippen molar-refractivity contribution >= 4 is 10.9 Å². The zero-order valence-electron chi connectivity index (χ0n) is 9.27. The zero-order chi connectivity index (χ0) is 11.7. The predicted molar refractivity (Wildman–Crippen MR) is 64.0 cm³/mol. The normalized spacial score (nSPS) is 10.6. The van der Waals surface area contributed by atoms with Gasteiger partial charge in [-0.1, -0.05) is 0 Å². The molecule has 1 radical (unpaired) electrons. The van der Waals surface area contributed by atoms with Gasteiger partial charge < -0.3 is 4.74 Å². The van der Waals surface area contributed by atoms with Gasteiger partial charge in [-0.3, -0.25) is 10.1 Å². The summed E-state index contributed by atoms with van der Waals surface area (Å²) < 4.78 is 5.71. The van der Waals surface area contributed by atoms with Gasteiger partial charge in [0.05, 0.1) is 11.7 Å². The minimum atomic E-state index is 0.717. The zero-order valence-corrected chi connectivity index (χ0v) is 9.27. The van der Waals surface area contributed by atoms with Gasteiger partial charge in [0.2, 0.25) is 0 Å². The van der Waals surface area contributed by atoms with Crippen molar-refractivity contribution in [3.63, 3.8) is 0 Å². The summed E-state index contributed by atoms with van der Waals surface area (Å²) in [4.78, 5) is 4.00. The summed E-state index contributed by atoms with van der Waals surface area (Å²) in [5.41, 5.74) is 2.00. The van der Waals surface area contributed by atoms with E-state index in [0.29, 0.717) is 0 Å². The first-order valence-corrected chi connectivity index (χ1v) is 5.27. The molecule has 0 fully saturated rings. The maximum atomic E-state index is 5.71. The van der Waals surface area contributed by atoms with Crippen LogP contribution in [0.5, 0.6) is 11.5 Å². The van der Waals surface area contributed by atoms with E-state index in [1.807, 2.05) is 31.2 Å². The van der Waals surface area contributed by atoms with E-state index in [9.17, 15) is 0 Å². The van der Waals surface area contributed by atoms with Crippen molar-refractivity contribution in [1.82, 2.24) is 15.2 Å². The second-order valence-corrected chi connectivity index (χ2v) is 3.79. The number of aromatic nitrogens is 3. The van der Waals surface area contributed by atoms with E-state index in [0.717, 1.165) is 28.0 Å². The molecule has 4 nitrogen and oxygen atoms in total. The Balaban J connectivity index is 2.01. The van der Waals surface area contributed by atoms with E-state index in [-0.39, 0.29) is 0 Å². The van der Waals surface area contributed by atoms with Crippen LogP contribution in [-0.4, -0.2) is 15.2 Å². The second-order valence-electron chi connectivity index (χ2n) is 3.79. The average molecular weight is 224 g/mol. The average Bonchev–Trinajstić information content (AvgIpc) is 2.79. The summed E-state index contributed by atoms with van der Waals surface area (Å²) in [5, 5.41) is 7.77. The number of aryl methyl sites for hydroxylation is 1. The number of H-pyrrole nitrogens is 1. The number of nitrogens with zero attached hydrogens (tertiary/aromatic N) is 2. The smallest absolute Gasteiger partial charge is 0.145 e. The molecule has 0 unspecified atom stereocenters. The summed E-state index contributed by atoms with van der Waals surface area (Å²) >= 11 is 0. The first-order valence-electron chi connectivity index (χ1n) is 5.27. The maximum Gasteiger partial charge on any atom is 0.145 e. The van der Waals surface area contributed by atoms with Gasteiger partial charge in [-0.15, -0.1) is 0 Å². The standard InChI is InChI=1S/C13H10N3O/c1-9-5-11(6-13-12(9)8-15-16-13)17-10-3-2-4-14-7-10/h2-7H,1H3,(H,15,16). The molecule has 0 spiro atoms. The van der Waals surface area contributed by atoms with Crippen LogP contribution in [0.1, 0.15) is 5.56 Å². The second kappa shape index (κ2) is 3.90. The van der Waals surface area contributed by atoms with Gasteiger partial charge in [0.15, 0.2) is 0 Å². The number of aromatic amines is 1. The van der Waals surface area contributed by atoms with E-state index in [2.05, 4.69) is 21.4 Å². The molecular weight excluding hydrogens is 214 g/mol. The van der Waals surface area contributed by atoms with Crippen molar-refractivity contribution < 1.29 is 4.74 Å². The van der Waals surface area contributed by atoms with Crippen LogP contribution in [-0.2, 0) is 0 Å². The lowest BCUT2D eigenvalue weighted by Crippen LogP contribution is -1.86. The molecule has 0 aliphatic heterocycles. The third kappa shape index (κ3) is 1.85. The van der Waals surface area contributed by atoms with Crippen molar-refractivity contribution in [2.75, 3.05) is 0 Å². The summed E-state index contributed by atoms with van der Waals surface area (Å²) in [6.45, 7) is 2.00. The van der Waals surface area contributed by atoms with Gasteiger partial charge in [0.1, 0.15) is 17.7 Å². The number of fused-ring (bicyclic) bond motifs is 1. The van der Waals surface area contributed by atoms with Crippen molar-refractivity contribution in [2.24, 2.45) is 0 Å². The highest BCUT2D eigenvalue weighted by atomic mass is 16.5. The lowest BCUT2D eigenvalue weighted by molar-refractivity contribution is 0.480. The molecule has 1 aromatic carbocycles. The Morgan fingerprint density at radius 2 is 2.24 bits per heavy atom. The largest absolute Gasteiger partial charge is 0.456 e. The molecule has 17 heavy (non-hydrogen) atoms. The highest BCUT2D eigenvalue weighted by Gasteiger charge is 2.04. The van der Waals surface area contributed by atoms with E-state index >= 15 is 0 Å². The molecule has 1 N–H and O–H groups in total. The molecule has 0 aliphatic rings. The van der Waals surface area contributed by atoms with Crippen LogP contribution in [0.15, 0.2) is 36.7 Å². The Morgan fingerprint density at radius 3 is 3.06 bits per heavy atom. The lowest BCUT2D eigenvalue weighted by atomic mass is 10.1. The molecule has 3 aromatic rings. The third-order valence-corrected chi connectivity index (χ3v) is 2.52. The maximum absolute atomic E-state index is 5.71. The van der Waals surface area contributed by atoms with E-state index in [1.165, 1.54) is 0 Å². The minimum Gasteiger partial charge on any atom is -0.456 e. The first kappa shape index (κ1) is 9.84. The molecule has 2 heterocycles. The number of ether oxygens (including phenoxy) is 1. The molecule has 0 amide bonds. The van der Waals surface area contributed by atoms with Crippen LogP contribution in [0, 0.1) is 13.1 Å². The highest BCUT2D eigenvalue weighted by molar-refractivity contribution is 5.82. The fourth-order valence-corrected chi connectivity index (χ4v) is 1.74. The third-order valence-electron chi connectivity index (χ3n) is 2.52. The van der Waals surface area contributed by atoms with Crippen molar-refractivity contribution in [3.05, 3.63) is 48.4 Å². The molecule has 0 bridgehead atoms. The number of hydrogen-bond donors (Lipinski definition) is 1.